The van der Waals surface area contributed by atoms with Crippen LogP contribution in [0.2, 0.25) is 0 Å². The van der Waals surface area contributed by atoms with E-state index in [9.17, 15) is 0 Å². The molecule has 0 nitrogen and oxygen atoms in total. The summed E-state index contributed by atoms with van der Waals surface area (Å²) in [6, 6.07) is 66.5. The number of fused-ring (bicyclic) bond motifs is 11. The molecule has 11 aromatic carbocycles. The predicted octanol–water partition coefficient (Wildman–Crippen LogP) is 20.9. The summed E-state index contributed by atoms with van der Waals surface area (Å²) in [6.07, 6.45) is 0. The Balaban J connectivity index is 1.17. The van der Waals surface area contributed by atoms with Crippen LogP contribution in [0.1, 0.15) is 105 Å². The lowest BCUT2D eigenvalue weighted by atomic mass is 9.75. The van der Waals surface area contributed by atoms with Crippen LogP contribution in [0.4, 0.5) is 0 Å². The van der Waals surface area contributed by atoms with Gasteiger partial charge in [-0.2, -0.15) is 0 Å². The van der Waals surface area contributed by atoms with Gasteiger partial charge in [0.1, 0.15) is 0 Å². The monoisotopic (exact) mass is 929 g/mol. The molecule has 0 spiro atoms. The molecular weight excluding hydrogens is 865 g/mol. The van der Waals surface area contributed by atoms with Crippen molar-refractivity contribution >= 4 is 53.9 Å². The van der Waals surface area contributed by atoms with E-state index in [4.69, 9.17) is 0 Å². The van der Waals surface area contributed by atoms with Gasteiger partial charge in [-0.1, -0.05) is 235 Å². The van der Waals surface area contributed by atoms with Crippen molar-refractivity contribution in [2.24, 2.45) is 0 Å². The van der Waals surface area contributed by atoms with Gasteiger partial charge in [0, 0.05) is 0 Å². The molecule has 0 bridgehead atoms. The lowest BCUT2D eigenvalue weighted by molar-refractivity contribution is 0.568. The Labute approximate surface area is 426 Å². The van der Waals surface area contributed by atoms with Gasteiger partial charge in [-0.3, -0.25) is 0 Å². The first kappa shape index (κ1) is 44.6. The minimum Gasteiger partial charge on any atom is -0.0616 e. The van der Waals surface area contributed by atoms with Crippen molar-refractivity contribution in [1.29, 1.82) is 0 Å². The molecule has 0 heterocycles. The van der Waals surface area contributed by atoms with Crippen LogP contribution >= 0.6 is 0 Å². The third-order valence-electron chi connectivity index (χ3n) is 16.5. The summed E-state index contributed by atoms with van der Waals surface area (Å²) in [5, 5.41) is 13.1. The number of benzene rings is 11. The third-order valence-corrected chi connectivity index (χ3v) is 16.5. The normalized spacial score (nSPS) is 13.3. The first-order chi connectivity index (χ1) is 34.2. The van der Waals surface area contributed by atoms with E-state index in [0.717, 1.165) is 0 Å². The number of rotatable bonds is 3. The van der Waals surface area contributed by atoms with Gasteiger partial charge < -0.3 is 0 Å². The van der Waals surface area contributed by atoms with Crippen LogP contribution in [-0.2, 0) is 21.7 Å². The zero-order valence-corrected chi connectivity index (χ0v) is 44.2. The summed E-state index contributed by atoms with van der Waals surface area (Å²) in [5.41, 5.74) is 23.7. The molecule has 2 aliphatic rings. The summed E-state index contributed by atoms with van der Waals surface area (Å²) in [4.78, 5) is 0. The van der Waals surface area contributed by atoms with Crippen LogP contribution in [0.3, 0.4) is 0 Å². The minimum atomic E-state index is -0.0440. The summed E-state index contributed by atoms with van der Waals surface area (Å²) in [6.45, 7) is 28.4. The van der Waals surface area contributed by atoms with Gasteiger partial charge in [-0.25, -0.2) is 0 Å². The molecule has 2 aliphatic carbocycles. The fourth-order valence-corrected chi connectivity index (χ4v) is 12.5. The second-order valence-corrected chi connectivity index (χ2v) is 25.3. The van der Waals surface area contributed by atoms with Gasteiger partial charge in [0.05, 0.1) is 0 Å². The maximum absolute atomic E-state index is 2.59. The van der Waals surface area contributed by atoms with Gasteiger partial charge >= 0.3 is 0 Å². The summed E-state index contributed by atoms with van der Waals surface area (Å²) >= 11 is 0. The van der Waals surface area contributed by atoms with Gasteiger partial charge in [0.25, 0.3) is 0 Å². The fraction of sp³-hybridized carbons (Fsp3) is 0.222. The van der Waals surface area contributed by atoms with E-state index in [1.54, 1.807) is 0 Å². The van der Waals surface area contributed by atoms with Crippen molar-refractivity contribution in [2.75, 3.05) is 0 Å². The smallest absolute Gasteiger partial charge is 0.000719 e. The molecule has 11 aromatic rings. The SMILES string of the molecule is CC(C)(C)c1cc(-c2c3c(c(-c4cc(C(C)(C)C)cc(C(C)(C)C)c4)c4ccccc24)-c2cc4c5ccccc5c(-c5ccc6c(c5)-c5cccc7cccc-6c57)cc4c4cccc-3c24)cc(C(C)(C)C)c1. The molecule has 0 saturated carbocycles. The highest BCUT2D eigenvalue weighted by Crippen LogP contribution is 2.60. The average molecular weight is 929 g/mol. The molecule has 0 radical (unpaired) electrons. The molecule has 352 valence electrons. The van der Waals surface area contributed by atoms with Gasteiger partial charge in [-0.15, -0.1) is 0 Å². The van der Waals surface area contributed by atoms with Crippen LogP contribution in [0, 0.1) is 0 Å². The van der Waals surface area contributed by atoms with E-state index in [-0.39, 0.29) is 21.7 Å². The second kappa shape index (κ2) is 15.1. The van der Waals surface area contributed by atoms with Gasteiger partial charge in [-0.05, 0) is 194 Å². The Bertz CT molecular complexity index is 4090. The largest absolute Gasteiger partial charge is 0.0616 e. The van der Waals surface area contributed by atoms with Crippen molar-refractivity contribution in [2.45, 2.75) is 105 Å². The summed E-state index contributed by atoms with van der Waals surface area (Å²) < 4.78 is 0. The number of hydrogen-bond donors (Lipinski definition) is 0. The van der Waals surface area contributed by atoms with Crippen molar-refractivity contribution in [3.8, 4) is 77.9 Å². The van der Waals surface area contributed by atoms with Crippen molar-refractivity contribution in [3.05, 3.63) is 192 Å². The molecule has 13 rings (SSSR count). The number of hydrogen-bond acceptors (Lipinski definition) is 0. The Morgan fingerprint density at radius 1 is 0.222 bits per heavy atom. The maximum Gasteiger partial charge on any atom is -0.000719 e. The summed E-state index contributed by atoms with van der Waals surface area (Å²) in [7, 11) is 0. The average Bonchev–Trinajstić information content (AvgIpc) is 3.85. The standard InChI is InChI=1S/C72H64/c1-69(2,3)45-32-43(33-46(37-45)70(4,5)6)64-53-24-15-16-25-54(53)65(44-34-47(71(7,8)9)38-48(35-44)72(10,11)12)68-62-40-60-50-23-14-13-22-49(50)58(39-61(60)56-28-19-29-57(66(56)62)67(64)68)42-30-31-51-52-26-17-20-41-21-18-27-55(63(41)52)59(51)36-42/h13-40H,1-12H3. The molecule has 0 aliphatic heterocycles. The zero-order valence-electron chi connectivity index (χ0n) is 44.2. The van der Waals surface area contributed by atoms with E-state index in [1.165, 1.54) is 154 Å². The Morgan fingerprint density at radius 2 is 0.653 bits per heavy atom. The molecule has 0 amide bonds. The first-order valence-electron chi connectivity index (χ1n) is 26.2. The topological polar surface area (TPSA) is 0 Å². The van der Waals surface area contributed by atoms with Crippen LogP contribution in [0.5, 0.6) is 0 Å². The molecule has 0 atom stereocenters. The first-order valence-corrected chi connectivity index (χ1v) is 26.2. The second-order valence-electron chi connectivity index (χ2n) is 25.3. The predicted molar refractivity (Wildman–Crippen MR) is 314 cm³/mol. The molecule has 0 fully saturated rings. The van der Waals surface area contributed by atoms with E-state index in [0.29, 0.717) is 0 Å². The van der Waals surface area contributed by atoms with E-state index >= 15 is 0 Å². The zero-order chi connectivity index (χ0) is 50.0. The van der Waals surface area contributed by atoms with Crippen LogP contribution < -0.4 is 0 Å². The molecule has 0 unspecified atom stereocenters. The van der Waals surface area contributed by atoms with E-state index in [2.05, 4.69) is 253 Å². The molecular formula is C72H64. The molecule has 0 heteroatoms. The molecule has 72 heavy (non-hydrogen) atoms. The van der Waals surface area contributed by atoms with E-state index in [1.807, 2.05) is 0 Å². The Morgan fingerprint density at radius 3 is 1.19 bits per heavy atom. The Kier molecular flexibility index (Phi) is 9.38. The quantitative estimate of drug-likeness (QED) is 0.155. The molecule has 0 aromatic heterocycles. The van der Waals surface area contributed by atoms with Crippen LogP contribution in [-0.4, -0.2) is 0 Å². The molecule has 0 saturated heterocycles. The lowest BCUT2D eigenvalue weighted by Crippen LogP contribution is -2.17. The lowest BCUT2D eigenvalue weighted by Gasteiger charge is -2.29. The highest BCUT2D eigenvalue weighted by atomic mass is 14.4. The fourth-order valence-electron chi connectivity index (χ4n) is 12.5. The Hall–Kier alpha value is -7.28. The highest BCUT2D eigenvalue weighted by molar-refractivity contribution is 6.33. The van der Waals surface area contributed by atoms with Crippen molar-refractivity contribution < 1.29 is 0 Å². The van der Waals surface area contributed by atoms with Crippen LogP contribution in [0.15, 0.2) is 170 Å². The highest BCUT2D eigenvalue weighted by Gasteiger charge is 2.34. The van der Waals surface area contributed by atoms with Gasteiger partial charge in [0.15, 0.2) is 0 Å². The maximum atomic E-state index is 2.59. The summed E-state index contributed by atoms with van der Waals surface area (Å²) in [5.74, 6) is 0. The van der Waals surface area contributed by atoms with Crippen molar-refractivity contribution in [1.82, 2.24) is 0 Å². The third kappa shape index (κ3) is 6.64. The minimum absolute atomic E-state index is 0.0404. The van der Waals surface area contributed by atoms with Crippen LogP contribution in [0.25, 0.3) is 132 Å². The van der Waals surface area contributed by atoms with E-state index < -0.39 is 0 Å². The molecule has 0 N–H and O–H groups in total. The van der Waals surface area contributed by atoms with Gasteiger partial charge in [0.2, 0.25) is 0 Å². The van der Waals surface area contributed by atoms with Crippen molar-refractivity contribution in [3.63, 3.8) is 0 Å².